The highest BCUT2D eigenvalue weighted by atomic mass is 32.1. The number of carbonyl (C=O) groups excluding carboxylic acids is 1. The molecule has 0 bridgehead atoms. The maximum atomic E-state index is 12.2. The van der Waals surface area contributed by atoms with Crippen LogP contribution in [0.4, 0.5) is 5.00 Å². The fraction of sp³-hybridized carbons (Fsp3) is 0.350. The van der Waals surface area contributed by atoms with Crippen molar-refractivity contribution in [2.75, 3.05) is 11.9 Å². The lowest BCUT2D eigenvalue weighted by molar-refractivity contribution is -0.120. The summed E-state index contributed by atoms with van der Waals surface area (Å²) in [7, 11) is 0. The van der Waals surface area contributed by atoms with Gasteiger partial charge in [-0.2, -0.15) is 5.26 Å². The normalized spacial score (nSPS) is 14.1. The van der Waals surface area contributed by atoms with Crippen LogP contribution in [0.2, 0.25) is 0 Å². The lowest BCUT2D eigenvalue weighted by atomic mass is 10.1. The molecule has 0 radical (unpaired) electrons. The van der Waals surface area contributed by atoms with Crippen LogP contribution < -0.4 is 5.32 Å². The molecule has 2 aromatic rings. The molecule has 0 spiro atoms. The fourth-order valence-electron chi connectivity index (χ4n) is 3.03. The highest BCUT2D eigenvalue weighted by molar-refractivity contribution is 7.16. The Morgan fingerprint density at radius 1 is 1.27 bits per heavy atom. The van der Waals surface area contributed by atoms with Gasteiger partial charge in [0, 0.05) is 4.88 Å². The maximum absolute atomic E-state index is 12.2. The van der Waals surface area contributed by atoms with E-state index in [-0.39, 0.29) is 12.5 Å². The standard InChI is InChI=1S/C20H21N3O2S/c1-14(15-8-4-2-5-9-15)23-25-13-19(24)22-20-17(12-21)16-10-6-3-7-11-18(16)26-20/h2,4-5,8-9H,3,6-7,10-11,13H2,1H3,(H,22,24)/b23-14+. The van der Waals surface area contributed by atoms with Gasteiger partial charge >= 0.3 is 0 Å². The van der Waals surface area contributed by atoms with Crippen molar-refractivity contribution in [3.05, 3.63) is 51.9 Å². The molecule has 1 aliphatic carbocycles. The number of carbonyl (C=O) groups is 1. The number of fused-ring (bicyclic) bond motifs is 1. The summed E-state index contributed by atoms with van der Waals surface area (Å²) in [5.41, 5.74) is 3.38. The van der Waals surface area contributed by atoms with Crippen molar-refractivity contribution in [3.63, 3.8) is 0 Å². The minimum atomic E-state index is -0.303. The summed E-state index contributed by atoms with van der Waals surface area (Å²) in [5.74, 6) is -0.303. The van der Waals surface area contributed by atoms with Crippen molar-refractivity contribution < 1.29 is 9.63 Å². The van der Waals surface area contributed by atoms with Crippen LogP contribution in [0.1, 0.15) is 47.8 Å². The SMILES string of the molecule is C/C(=N\OCC(=O)Nc1sc2c(c1C#N)CCCCC2)c1ccccc1. The number of benzene rings is 1. The third-order valence-electron chi connectivity index (χ3n) is 4.37. The van der Waals surface area contributed by atoms with E-state index in [4.69, 9.17) is 4.84 Å². The molecule has 26 heavy (non-hydrogen) atoms. The predicted molar refractivity (Wildman–Crippen MR) is 104 cm³/mol. The number of rotatable bonds is 5. The van der Waals surface area contributed by atoms with Crippen molar-refractivity contribution in [3.8, 4) is 6.07 Å². The maximum Gasteiger partial charge on any atom is 0.265 e. The molecule has 1 aliphatic rings. The van der Waals surface area contributed by atoms with Crippen LogP contribution >= 0.6 is 11.3 Å². The van der Waals surface area contributed by atoms with Crippen LogP contribution in [0.5, 0.6) is 0 Å². The molecule has 1 N–H and O–H groups in total. The second-order valence-electron chi connectivity index (χ2n) is 6.24. The van der Waals surface area contributed by atoms with Crippen LogP contribution in [-0.4, -0.2) is 18.2 Å². The van der Waals surface area contributed by atoms with E-state index in [0.717, 1.165) is 36.8 Å². The summed E-state index contributed by atoms with van der Waals surface area (Å²) in [6.45, 7) is 1.65. The molecule has 0 saturated carbocycles. The third-order valence-corrected chi connectivity index (χ3v) is 5.58. The average Bonchev–Trinajstić information content (AvgIpc) is 2.81. The molecule has 0 saturated heterocycles. The van der Waals surface area contributed by atoms with E-state index in [1.807, 2.05) is 37.3 Å². The van der Waals surface area contributed by atoms with Gasteiger partial charge in [0.05, 0.1) is 11.3 Å². The van der Waals surface area contributed by atoms with Gasteiger partial charge in [0.1, 0.15) is 11.1 Å². The third kappa shape index (κ3) is 4.30. The molecule has 3 rings (SSSR count). The second-order valence-corrected chi connectivity index (χ2v) is 7.35. The van der Waals surface area contributed by atoms with E-state index in [9.17, 15) is 10.1 Å². The summed E-state index contributed by atoms with van der Waals surface area (Å²) < 4.78 is 0. The van der Waals surface area contributed by atoms with Crippen molar-refractivity contribution in [2.45, 2.75) is 39.0 Å². The Labute approximate surface area is 157 Å². The van der Waals surface area contributed by atoms with Gasteiger partial charge in [-0.15, -0.1) is 11.3 Å². The van der Waals surface area contributed by atoms with Gasteiger partial charge in [-0.05, 0) is 43.7 Å². The van der Waals surface area contributed by atoms with E-state index >= 15 is 0 Å². The number of nitriles is 1. The molecule has 6 heteroatoms. The highest BCUT2D eigenvalue weighted by Gasteiger charge is 2.21. The molecule has 1 aromatic heterocycles. The van der Waals surface area contributed by atoms with Gasteiger partial charge in [-0.25, -0.2) is 0 Å². The van der Waals surface area contributed by atoms with E-state index in [0.29, 0.717) is 16.3 Å². The van der Waals surface area contributed by atoms with Gasteiger partial charge in [-0.3, -0.25) is 4.79 Å². The average molecular weight is 367 g/mol. The number of amides is 1. The van der Waals surface area contributed by atoms with Gasteiger partial charge in [0.15, 0.2) is 6.61 Å². The smallest absolute Gasteiger partial charge is 0.265 e. The zero-order chi connectivity index (χ0) is 18.4. The number of hydrogen-bond donors (Lipinski definition) is 1. The molecule has 1 aromatic carbocycles. The van der Waals surface area contributed by atoms with Gasteiger partial charge in [0.25, 0.3) is 5.91 Å². The first-order chi connectivity index (χ1) is 12.7. The van der Waals surface area contributed by atoms with Crippen LogP contribution in [0.15, 0.2) is 35.5 Å². The van der Waals surface area contributed by atoms with Crippen LogP contribution in [0.25, 0.3) is 0 Å². The number of nitrogens with one attached hydrogen (secondary N) is 1. The van der Waals surface area contributed by atoms with E-state index < -0.39 is 0 Å². The molecule has 5 nitrogen and oxygen atoms in total. The highest BCUT2D eigenvalue weighted by Crippen LogP contribution is 2.36. The quantitative estimate of drug-likeness (QED) is 0.487. The minimum absolute atomic E-state index is 0.183. The van der Waals surface area contributed by atoms with Crippen molar-refractivity contribution in [1.29, 1.82) is 5.26 Å². The molecule has 0 fully saturated rings. The summed E-state index contributed by atoms with van der Waals surface area (Å²) in [4.78, 5) is 18.6. The Morgan fingerprint density at radius 2 is 2.04 bits per heavy atom. The number of anilines is 1. The summed E-state index contributed by atoms with van der Waals surface area (Å²) >= 11 is 1.52. The van der Waals surface area contributed by atoms with Gasteiger partial charge < -0.3 is 10.2 Å². The number of oxime groups is 1. The molecule has 0 unspecified atom stereocenters. The Balaban J connectivity index is 1.61. The molecule has 0 atom stereocenters. The first-order valence-corrected chi connectivity index (χ1v) is 9.57. The lowest BCUT2D eigenvalue weighted by Crippen LogP contribution is -2.17. The molecule has 0 aliphatic heterocycles. The summed E-state index contributed by atoms with van der Waals surface area (Å²) in [5, 5.41) is 16.9. The molecule has 1 amide bonds. The Morgan fingerprint density at radius 3 is 2.81 bits per heavy atom. The van der Waals surface area contributed by atoms with Gasteiger partial charge in [0.2, 0.25) is 0 Å². The zero-order valence-electron chi connectivity index (χ0n) is 14.7. The number of hydrogen-bond acceptors (Lipinski definition) is 5. The summed E-state index contributed by atoms with van der Waals surface area (Å²) in [6, 6.07) is 11.9. The Kier molecular flexibility index (Phi) is 6.03. The lowest BCUT2D eigenvalue weighted by Gasteiger charge is -2.04. The largest absolute Gasteiger partial charge is 0.385 e. The van der Waals surface area contributed by atoms with E-state index in [1.165, 1.54) is 22.6 Å². The van der Waals surface area contributed by atoms with E-state index in [1.54, 1.807) is 0 Å². The Bertz CT molecular complexity index is 850. The topological polar surface area (TPSA) is 74.5 Å². The predicted octanol–water partition coefficient (Wildman–Crippen LogP) is 4.27. The minimum Gasteiger partial charge on any atom is -0.385 e. The second kappa shape index (κ2) is 8.63. The molecular formula is C20H21N3O2S. The molecular weight excluding hydrogens is 346 g/mol. The number of thiophene rings is 1. The molecule has 134 valence electrons. The number of nitrogens with zero attached hydrogens (tertiary/aromatic N) is 2. The van der Waals surface area contributed by atoms with Crippen LogP contribution in [-0.2, 0) is 22.5 Å². The summed E-state index contributed by atoms with van der Waals surface area (Å²) in [6.07, 6.45) is 5.34. The van der Waals surface area contributed by atoms with Gasteiger partial charge in [-0.1, -0.05) is 41.9 Å². The van der Waals surface area contributed by atoms with Crippen LogP contribution in [0.3, 0.4) is 0 Å². The van der Waals surface area contributed by atoms with E-state index in [2.05, 4.69) is 16.5 Å². The first-order valence-electron chi connectivity index (χ1n) is 8.75. The molecule has 1 heterocycles. The van der Waals surface area contributed by atoms with Crippen molar-refractivity contribution in [2.24, 2.45) is 5.16 Å². The monoisotopic (exact) mass is 367 g/mol. The zero-order valence-corrected chi connectivity index (χ0v) is 15.6. The van der Waals surface area contributed by atoms with Crippen molar-refractivity contribution in [1.82, 2.24) is 0 Å². The van der Waals surface area contributed by atoms with Crippen molar-refractivity contribution >= 4 is 28.0 Å². The fourth-order valence-corrected chi connectivity index (χ4v) is 4.29. The number of aryl methyl sites for hydroxylation is 1. The Hall–Kier alpha value is -2.65. The first kappa shape index (κ1) is 18.2. The van der Waals surface area contributed by atoms with Crippen LogP contribution in [0, 0.1) is 11.3 Å².